The van der Waals surface area contributed by atoms with Gasteiger partial charge in [0, 0.05) is 5.97 Å². The Morgan fingerprint density at radius 2 is 2.09 bits per heavy atom. The molecule has 3 nitrogen and oxygen atoms in total. The van der Waals surface area contributed by atoms with E-state index in [0.29, 0.717) is 12.8 Å². The van der Waals surface area contributed by atoms with Crippen molar-refractivity contribution in [3.8, 4) is 0 Å². The van der Waals surface area contributed by atoms with Gasteiger partial charge in [-0.25, -0.2) is 0 Å². The number of carbonyl (C=O) groups is 1. The molecular formula is C7H13KO3. The van der Waals surface area contributed by atoms with Crippen LogP contribution < -0.4 is 56.5 Å². The van der Waals surface area contributed by atoms with E-state index < -0.39 is 12.1 Å². The van der Waals surface area contributed by atoms with Gasteiger partial charge in [-0.15, -0.1) is 0 Å². The van der Waals surface area contributed by atoms with Crippen molar-refractivity contribution in [2.75, 3.05) is 0 Å². The Labute approximate surface area is 110 Å². The predicted molar refractivity (Wildman–Crippen MR) is 35.2 cm³/mol. The second kappa shape index (κ2) is 9.16. The molecule has 0 aliphatic rings. The molecule has 0 aromatic rings. The molecule has 0 aliphatic heterocycles. The molecular weight excluding hydrogens is 171 g/mol. The number of carbonyl (C=O) groups excluding carboxylic acids is 1. The first kappa shape index (κ1) is 14.6. The van der Waals surface area contributed by atoms with E-state index in [1.807, 2.05) is 6.92 Å². The third-order valence-electron chi connectivity index (χ3n) is 1.30. The van der Waals surface area contributed by atoms with Crippen LogP contribution in [-0.2, 0) is 4.79 Å². The maximum absolute atomic E-state index is 9.89. The van der Waals surface area contributed by atoms with Gasteiger partial charge in [-0.3, -0.25) is 0 Å². The van der Waals surface area contributed by atoms with Gasteiger partial charge in [-0.1, -0.05) is 13.3 Å². The fourth-order valence-electron chi connectivity index (χ4n) is 0.762. The van der Waals surface area contributed by atoms with Gasteiger partial charge in [0.05, 0.1) is 6.10 Å². The average molecular weight is 184 g/mol. The molecule has 0 heterocycles. The summed E-state index contributed by atoms with van der Waals surface area (Å²) in [5.74, 6) is -1.09. The number of aliphatic hydroxyl groups is 1. The molecule has 1 atom stereocenters. The van der Waals surface area contributed by atoms with Crippen molar-refractivity contribution in [1.82, 2.24) is 0 Å². The Bertz CT molecular complexity index is 106. The van der Waals surface area contributed by atoms with Gasteiger partial charge in [-0.05, 0) is 19.3 Å². The summed E-state index contributed by atoms with van der Waals surface area (Å²) in [7, 11) is 0. The van der Waals surface area contributed by atoms with Crippen molar-refractivity contribution < 1.29 is 66.4 Å². The van der Waals surface area contributed by atoms with Gasteiger partial charge < -0.3 is 15.0 Å². The first-order valence-corrected chi connectivity index (χ1v) is 3.54. The molecule has 4 heteroatoms. The minimum Gasteiger partial charge on any atom is -0.550 e. The summed E-state index contributed by atoms with van der Waals surface area (Å²) in [6, 6.07) is 0. The number of carboxylic acid groups (broad SMARTS) is 1. The van der Waals surface area contributed by atoms with E-state index in [4.69, 9.17) is 5.11 Å². The standard InChI is InChI=1S/C7H14O3.K/c1-2-3-6(8)4-5-7(9)10;/h6,8H,2-5H2,1H3,(H,9,10);/q;+1/p-1. The molecule has 0 bridgehead atoms. The summed E-state index contributed by atoms with van der Waals surface area (Å²) in [5, 5.41) is 18.9. The van der Waals surface area contributed by atoms with Gasteiger partial charge in [0.2, 0.25) is 0 Å². The summed E-state index contributed by atoms with van der Waals surface area (Å²) >= 11 is 0. The zero-order valence-electron chi connectivity index (χ0n) is 7.17. The third kappa shape index (κ3) is 11.1. The van der Waals surface area contributed by atoms with Crippen LogP contribution >= 0.6 is 0 Å². The minimum absolute atomic E-state index is 0. The van der Waals surface area contributed by atoms with Crippen LogP contribution in [0.15, 0.2) is 0 Å². The first-order chi connectivity index (χ1) is 4.66. The normalized spacial score (nSPS) is 11.8. The third-order valence-corrected chi connectivity index (χ3v) is 1.30. The van der Waals surface area contributed by atoms with E-state index in [-0.39, 0.29) is 57.8 Å². The molecule has 0 aliphatic carbocycles. The Kier molecular flexibility index (Phi) is 12.1. The molecule has 0 radical (unpaired) electrons. The van der Waals surface area contributed by atoms with Crippen LogP contribution in [0.4, 0.5) is 0 Å². The summed E-state index contributed by atoms with van der Waals surface area (Å²) in [6.45, 7) is 1.95. The number of aliphatic carboxylic acids is 1. The van der Waals surface area contributed by atoms with Gasteiger partial charge in [0.25, 0.3) is 0 Å². The van der Waals surface area contributed by atoms with Crippen molar-refractivity contribution in [2.24, 2.45) is 0 Å². The van der Waals surface area contributed by atoms with Gasteiger partial charge in [-0.2, -0.15) is 0 Å². The monoisotopic (exact) mass is 184 g/mol. The molecule has 0 saturated carbocycles. The van der Waals surface area contributed by atoms with Crippen LogP contribution in [0.1, 0.15) is 32.6 Å². The average Bonchev–Trinajstić information content (AvgIpc) is 1.85. The van der Waals surface area contributed by atoms with Crippen molar-refractivity contribution in [3.63, 3.8) is 0 Å². The molecule has 0 aromatic carbocycles. The predicted octanol–water partition coefficient (Wildman–Crippen LogP) is -3.32. The second-order valence-corrected chi connectivity index (χ2v) is 2.35. The Hall–Kier alpha value is 1.07. The van der Waals surface area contributed by atoms with Gasteiger partial charge in [0.15, 0.2) is 0 Å². The van der Waals surface area contributed by atoms with Gasteiger partial charge in [0.1, 0.15) is 0 Å². The summed E-state index contributed by atoms with van der Waals surface area (Å²) in [5.41, 5.74) is 0. The molecule has 1 N–H and O–H groups in total. The number of hydrogen-bond donors (Lipinski definition) is 1. The van der Waals surface area contributed by atoms with E-state index in [1.54, 1.807) is 0 Å². The number of hydrogen-bond acceptors (Lipinski definition) is 3. The molecule has 60 valence electrons. The first-order valence-electron chi connectivity index (χ1n) is 3.54. The van der Waals surface area contributed by atoms with E-state index in [2.05, 4.69) is 0 Å². The Morgan fingerprint density at radius 3 is 2.45 bits per heavy atom. The molecule has 0 fully saturated rings. The quantitative estimate of drug-likeness (QED) is 0.455. The van der Waals surface area contributed by atoms with E-state index in [0.717, 1.165) is 6.42 Å². The van der Waals surface area contributed by atoms with Crippen LogP contribution in [0.3, 0.4) is 0 Å². The maximum atomic E-state index is 9.89. The van der Waals surface area contributed by atoms with Gasteiger partial charge >= 0.3 is 51.4 Å². The van der Waals surface area contributed by atoms with Crippen molar-refractivity contribution in [1.29, 1.82) is 0 Å². The van der Waals surface area contributed by atoms with Crippen LogP contribution in [0.5, 0.6) is 0 Å². The largest absolute Gasteiger partial charge is 1.00 e. The minimum atomic E-state index is -1.09. The fraction of sp³-hybridized carbons (Fsp3) is 0.857. The Morgan fingerprint density at radius 1 is 1.55 bits per heavy atom. The molecule has 0 amide bonds. The van der Waals surface area contributed by atoms with E-state index in [1.165, 1.54) is 0 Å². The second-order valence-electron chi connectivity index (χ2n) is 2.35. The van der Waals surface area contributed by atoms with Crippen molar-refractivity contribution in [3.05, 3.63) is 0 Å². The summed E-state index contributed by atoms with van der Waals surface area (Å²) in [6.07, 6.45) is 1.36. The molecule has 1 unspecified atom stereocenters. The van der Waals surface area contributed by atoms with E-state index >= 15 is 0 Å². The zero-order valence-corrected chi connectivity index (χ0v) is 10.3. The number of carboxylic acids is 1. The molecule has 0 saturated heterocycles. The molecule has 11 heavy (non-hydrogen) atoms. The zero-order chi connectivity index (χ0) is 7.98. The summed E-state index contributed by atoms with van der Waals surface area (Å²) < 4.78 is 0. The van der Waals surface area contributed by atoms with Crippen molar-refractivity contribution >= 4 is 5.97 Å². The van der Waals surface area contributed by atoms with Crippen molar-refractivity contribution in [2.45, 2.75) is 38.7 Å². The molecule has 0 spiro atoms. The Balaban J connectivity index is 0. The maximum Gasteiger partial charge on any atom is 1.00 e. The fourth-order valence-corrected chi connectivity index (χ4v) is 0.762. The summed E-state index contributed by atoms with van der Waals surface area (Å²) in [4.78, 5) is 9.89. The molecule has 0 rings (SSSR count). The topological polar surface area (TPSA) is 60.4 Å². The SMILES string of the molecule is CCCC(O)CCC(=O)[O-].[K+]. The smallest absolute Gasteiger partial charge is 0.550 e. The van der Waals surface area contributed by atoms with Crippen LogP contribution in [0.25, 0.3) is 0 Å². The molecule has 0 aromatic heterocycles. The number of rotatable bonds is 5. The number of aliphatic hydroxyl groups excluding tert-OH is 1. The van der Waals surface area contributed by atoms with Crippen LogP contribution in [0.2, 0.25) is 0 Å². The van der Waals surface area contributed by atoms with Crippen LogP contribution in [0, 0.1) is 0 Å². The van der Waals surface area contributed by atoms with Crippen LogP contribution in [-0.4, -0.2) is 17.2 Å². The van der Waals surface area contributed by atoms with E-state index in [9.17, 15) is 9.90 Å².